The average Bonchev–Trinajstić information content (AvgIpc) is 2.68. The second kappa shape index (κ2) is 3.91. The van der Waals surface area contributed by atoms with Crippen molar-refractivity contribution in [2.24, 2.45) is 0 Å². The first-order valence-electron chi connectivity index (χ1n) is 5.05. The van der Waals surface area contributed by atoms with Crippen molar-refractivity contribution in [2.45, 2.75) is 25.8 Å². The number of halogens is 1. The summed E-state index contributed by atoms with van der Waals surface area (Å²) in [6.07, 6.45) is 2.13. The first-order valence-corrected chi connectivity index (χ1v) is 5.43. The molecule has 1 aromatic carbocycles. The maximum Gasteiger partial charge on any atom is 0.176 e. The minimum atomic E-state index is -0.217. The first kappa shape index (κ1) is 10.6. The highest BCUT2D eigenvalue weighted by molar-refractivity contribution is 6.33. The van der Waals surface area contributed by atoms with Gasteiger partial charge in [0, 0.05) is 6.04 Å². The van der Waals surface area contributed by atoms with Crippen molar-refractivity contribution in [3.63, 3.8) is 0 Å². The van der Waals surface area contributed by atoms with Gasteiger partial charge in [0.15, 0.2) is 11.5 Å². The number of phenolic OH excluding ortho intramolecular Hbond substituents is 2. The zero-order valence-corrected chi connectivity index (χ0v) is 9.30. The van der Waals surface area contributed by atoms with Gasteiger partial charge in [0.25, 0.3) is 0 Å². The summed E-state index contributed by atoms with van der Waals surface area (Å²) in [7, 11) is 0. The van der Waals surface area contributed by atoms with Crippen molar-refractivity contribution in [2.75, 3.05) is 6.54 Å². The van der Waals surface area contributed by atoms with Gasteiger partial charge in [0.1, 0.15) is 0 Å². The molecule has 0 aliphatic carbocycles. The van der Waals surface area contributed by atoms with E-state index in [2.05, 4.69) is 5.32 Å². The molecule has 1 unspecified atom stereocenters. The molecule has 0 saturated carbocycles. The van der Waals surface area contributed by atoms with Gasteiger partial charge in [-0.05, 0) is 43.5 Å². The molecule has 1 aromatic rings. The Morgan fingerprint density at radius 3 is 2.80 bits per heavy atom. The maximum atomic E-state index is 9.56. The summed E-state index contributed by atoms with van der Waals surface area (Å²) in [6, 6.07) is 1.75. The van der Waals surface area contributed by atoms with E-state index in [0.29, 0.717) is 0 Å². The summed E-state index contributed by atoms with van der Waals surface area (Å²) < 4.78 is 0. The maximum absolute atomic E-state index is 9.56. The van der Waals surface area contributed by atoms with Crippen LogP contribution in [-0.4, -0.2) is 16.8 Å². The zero-order valence-electron chi connectivity index (χ0n) is 8.55. The highest BCUT2D eigenvalue weighted by Crippen LogP contribution is 2.42. The third kappa shape index (κ3) is 1.77. The molecule has 1 aliphatic heterocycles. The highest BCUT2D eigenvalue weighted by atomic mass is 35.5. The van der Waals surface area contributed by atoms with Gasteiger partial charge in [-0.1, -0.05) is 11.6 Å². The Bertz CT molecular complexity index is 387. The van der Waals surface area contributed by atoms with Crippen LogP contribution in [0.4, 0.5) is 0 Å². The van der Waals surface area contributed by atoms with E-state index < -0.39 is 0 Å². The number of phenols is 2. The van der Waals surface area contributed by atoms with Gasteiger partial charge in [-0.25, -0.2) is 0 Å². The summed E-state index contributed by atoms with van der Waals surface area (Å²) in [5.74, 6) is -0.370. The van der Waals surface area contributed by atoms with E-state index in [1.807, 2.05) is 6.92 Å². The fourth-order valence-corrected chi connectivity index (χ4v) is 2.50. The Hall–Kier alpha value is -0.930. The predicted molar refractivity (Wildman–Crippen MR) is 59.5 cm³/mol. The van der Waals surface area contributed by atoms with Crippen molar-refractivity contribution in [1.29, 1.82) is 0 Å². The van der Waals surface area contributed by atoms with Crippen LogP contribution in [0, 0.1) is 6.92 Å². The van der Waals surface area contributed by atoms with Crippen LogP contribution < -0.4 is 5.32 Å². The van der Waals surface area contributed by atoms with Crippen LogP contribution in [0.15, 0.2) is 6.07 Å². The van der Waals surface area contributed by atoms with Gasteiger partial charge in [-0.15, -0.1) is 0 Å². The first-order chi connectivity index (χ1) is 7.11. The van der Waals surface area contributed by atoms with Crippen molar-refractivity contribution < 1.29 is 10.2 Å². The van der Waals surface area contributed by atoms with Crippen LogP contribution in [0.3, 0.4) is 0 Å². The van der Waals surface area contributed by atoms with E-state index in [-0.39, 0.29) is 22.6 Å². The van der Waals surface area contributed by atoms with E-state index in [0.717, 1.165) is 30.5 Å². The molecular formula is C11H14ClNO2. The lowest BCUT2D eigenvalue weighted by Gasteiger charge is -2.17. The lowest BCUT2D eigenvalue weighted by molar-refractivity contribution is 0.402. The minimum Gasteiger partial charge on any atom is -0.504 e. The van der Waals surface area contributed by atoms with Crippen LogP contribution in [0.5, 0.6) is 11.5 Å². The number of aromatic hydroxyl groups is 2. The molecule has 0 amide bonds. The number of aryl methyl sites for hydroxylation is 1. The standard InChI is InChI=1S/C11H14ClNO2/c1-6-5-8(14)11(15)10(12)9(6)7-3-2-4-13-7/h5,7,13-15H,2-4H2,1H3. The van der Waals surface area contributed by atoms with E-state index in [9.17, 15) is 10.2 Å². The van der Waals surface area contributed by atoms with Crippen LogP contribution in [0.2, 0.25) is 5.02 Å². The summed E-state index contributed by atoms with van der Waals surface area (Å²) in [4.78, 5) is 0. The van der Waals surface area contributed by atoms with Crippen LogP contribution in [0.25, 0.3) is 0 Å². The molecule has 15 heavy (non-hydrogen) atoms. The third-order valence-corrected chi connectivity index (χ3v) is 3.26. The van der Waals surface area contributed by atoms with E-state index in [1.165, 1.54) is 0 Å². The number of hydrogen-bond donors (Lipinski definition) is 3. The van der Waals surface area contributed by atoms with Gasteiger partial charge in [-0.2, -0.15) is 0 Å². The number of benzene rings is 1. The molecule has 0 spiro atoms. The molecule has 1 aliphatic rings. The molecule has 1 heterocycles. The van der Waals surface area contributed by atoms with Crippen molar-refractivity contribution in [3.05, 3.63) is 22.2 Å². The third-order valence-electron chi connectivity index (χ3n) is 2.87. The molecule has 1 fully saturated rings. The predicted octanol–water partition coefficient (Wildman–Crippen LogP) is 2.48. The van der Waals surface area contributed by atoms with Crippen LogP contribution >= 0.6 is 11.6 Å². The Labute approximate surface area is 93.7 Å². The van der Waals surface area contributed by atoms with E-state index in [4.69, 9.17) is 11.6 Å². The lowest BCUT2D eigenvalue weighted by Crippen LogP contribution is -2.14. The van der Waals surface area contributed by atoms with Crippen molar-refractivity contribution in [3.8, 4) is 11.5 Å². The molecule has 0 bridgehead atoms. The van der Waals surface area contributed by atoms with E-state index in [1.54, 1.807) is 6.07 Å². The molecule has 0 aromatic heterocycles. The highest BCUT2D eigenvalue weighted by Gasteiger charge is 2.23. The summed E-state index contributed by atoms with van der Waals surface area (Å²) >= 11 is 6.03. The fraction of sp³-hybridized carbons (Fsp3) is 0.455. The van der Waals surface area contributed by atoms with Gasteiger partial charge < -0.3 is 15.5 Å². The lowest BCUT2D eigenvalue weighted by atomic mass is 9.99. The zero-order chi connectivity index (χ0) is 11.0. The minimum absolute atomic E-state index is 0.153. The number of hydrogen-bond acceptors (Lipinski definition) is 3. The van der Waals surface area contributed by atoms with Crippen LogP contribution in [0.1, 0.15) is 30.0 Å². The second-order valence-electron chi connectivity index (χ2n) is 3.94. The number of nitrogens with one attached hydrogen (secondary N) is 1. The average molecular weight is 228 g/mol. The Kier molecular flexibility index (Phi) is 2.76. The summed E-state index contributed by atoms with van der Waals surface area (Å²) in [6.45, 7) is 2.86. The van der Waals surface area contributed by atoms with Gasteiger partial charge in [0.05, 0.1) is 5.02 Å². The normalized spacial score (nSPS) is 20.8. The smallest absolute Gasteiger partial charge is 0.176 e. The molecule has 0 radical (unpaired) electrons. The van der Waals surface area contributed by atoms with Gasteiger partial charge >= 0.3 is 0 Å². The molecule has 82 valence electrons. The Morgan fingerprint density at radius 1 is 1.47 bits per heavy atom. The van der Waals surface area contributed by atoms with Crippen molar-refractivity contribution >= 4 is 11.6 Å². The summed E-state index contributed by atoms with van der Waals surface area (Å²) in [5.41, 5.74) is 1.82. The SMILES string of the molecule is Cc1cc(O)c(O)c(Cl)c1C1CCCN1. The quantitative estimate of drug-likeness (QED) is 0.646. The Morgan fingerprint density at radius 2 is 2.20 bits per heavy atom. The molecule has 1 atom stereocenters. The molecular weight excluding hydrogens is 214 g/mol. The fourth-order valence-electron chi connectivity index (χ4n) is 2.12. The van der Waals surface area contributed by atoms with E-state index >= 15 is 0 Å². The van der Waals surface area contributed by atoms with Crippen molar-refractivity contribution in [1.82, 2.24) is 5.32 Å². The van der Waals surface area contributed by atoms with Crippen LogP contribution in [-0.2, 0) is 0 Å². The molecule has 1 saturated heterocycles. The monoisotopic (exact) mass is 227 g/mol. The molecule has 3 nitrogen and oxygen atoms in total. The second-order valence-corrected chi connectivity index (χ2v) is 4.32. The van der Waals surface area contributed by atoms with Gasteiger partial charge in [0.2, 0.25) is 0 Å². The molecule has 2 rings (SSSR count). The summed E-state index contributed by atoms with van der Waals surface area (Å²) in [5, 5.41) is 22.5. The van der Waals surface area contributed by atoms with Gasteiger partial charge in [-0.3, -0.25) is 0 Å². The number of rotatable bonds is 1. The largest absolute Gasteiger partial charge is 0.504 e. The molecule has 4 heteroatoms. The Balaban J connectivity index is 2.50. The molecule has 3 N–H and O–H groups in total. The topological polar surface area (TPSA) is 52.5 Å².